The Morgan fingerprint density at radius 1 is 1.10 bits per heavy atom. The number of rotatable bonds is 5. The standard InChI is InChI=1S/C18H22FN/c1-4-18(20-5-2)15-8-6-7-14(11-15)17-12-16(19)10-9-13(17)3/h6-12,18,20H,4-5H2,1-3H3. The van der Waals surface area contributed by atoms with E-state index in [9.17, 15) is 4.39 Å². The van der Waals surface area contributed by atoms with Crippen LogP contribution in [0, 0.1) is 12.7 Å². The molecule has 0 amide bonds. The Hall–Kier alpha value is -1.67. The lowest BCUT2D eigenvalue weighted by atomic mass is 9.96. The molecule has 106 valence electrons. The summed E-state index contributed by atoms with van der Waals surface area (Å²) in [5.41, 5.74) is 4.41. The molecule has 0 bridgehead atoms. The predicted octanol–water partition coefficient (Wildman–Crippen LogP) is 4.86. The van der Waals surface area contributed by atoms with Gasteiger partial charge in [-0.1, -0.05) is 38.1 Å². The van der Waals surface area contributed by atoms with Crippen LogP contribution >= 0.6 is 0 Å². The highest BCUT2D eigenvalue weighted by molar-refractivity contribution is 5.68. The van der Waals surface area contributed by atoms with Gasteiger partial charge >= 0.3 is 0 Å². The third-order valence-electron chi connectivity index (χ3n) is 3.66. The third kappa shape index (κ3) is 3.26. The van der Waals surface area contributed by atoms with Crippen molar-refractivity contribution < 1.29 is 4.39 Å². The maximum atomic E-state index is 13.5. The van der Waals surface area contributed by atoms with Crippen LogP contribution in [-0.4, -0.2) is 6.54 Å². The summed E-state index contributed by atoms with van der Waals surface area (Å²) in [5.74, 6) is -0.185. The zero-order chi connectivity index (χ0) is 14.5. The summed E-state index contributed by atoms with van der Waals surface area (Å²) in [7, 11) is 0. The average molecular weight is 271 g/mol. The van der Waals surface area contributed by atoms with Crippen molar-refractivity contribution in [2.24, 2.45) is 0 Å². The largest absolute Gasteiger partial charge is 0.310 e. The summed E-state index contributed by atoms with van der Waals surface area (Å²) in [5, 5.41) is 3.48. The molecule has 2 aromatic carbocycles. The van der Waals surface area contributed by atoms with Gasteiger partial charge < -0.3 is 5.32 Å². The summed E-state index contributed by atoms with van der Waals surface area (Å²) >= 11 is 0. The predicted molar refractivity (Wildman–Crippen MR) is 83.3 cm³/mol. The molecule has 2 heteroatoms. The minimum absolute atomic E-state index is 0.185. The van der Waals surface area contributed by atoms with Gasteiger partial charge in [0.05, 0.1) is 0 Å². The van der Waals surface area contributed by atoms with E-state index in [0.29, 0.717) is 6.04 Å². The van der Waals surface area contributed by atoms with Gasteiger partial charge in [0.1, 0.15) is 5.82 Å². The molecule has 2 rings (SSSR count). The Labute approximate surface area is 120 Å². The Balaban J connectivity index is 2.41. The zero-order valence-electron chi connectivity index (χ0n) is 12.4. The minimum atomic E-state index is -0.185. The van der Waals surface area contributed by atoms with E-state index in [0.717, 1.165) is 29.7 Å². The van der Waals surface area contributed by atoms with Crippen LogP contribution in [0.3, 0.4) is 0 Å². The molecule has 0 aliphatic heterocycles. The Bertz CT molecular complexity index is 577. The average Bonchev–Trinajstić information content (AvgIpc) is 2.47. The quantitative estimate of drug-likeness (QED) is 0.818. The molecule has 1 N–H and O–H groups in total. The molecule has 0 radical (unpaired) electrons. The van der Waals surface area contributed by atoms with Crippen molar-refractivity contribution in [3.8, 4) is 11.1 Å². The maximum Gasteiger partial charge on any atom is 0.123 e. The fourth-order valence-electron chi connectivity index (χ4n) is 2.57. The van der Waals surface area contributed by atoms with Crippen LogP contribution in [0.15, 0.2) is 42.5 Å². The van der Waals surface area contributed by atoms with E-state index < -0.39 is 0 Å². The lowest BCUT2D eigenvalue weighted by molar-refractivity contribution is 0.537. The van der Waals surface area contributed by atoms with Crippen LogP contribution in [0.1, 0.15) is 37.4 Å². The van der Waals surface area contributed by atoms with Gasteiger partial charge in [0.25, 0.3) is 0 Å². The van der Waals surface area contributed by atoms with Crippen LogP contribution in [0.5, 0.6) is 0 Å². The van der Waals surface area contributed by atoms with E-state index in [1.165, 1.54) is 11.6 Å². The van der Waals surface area contributed by atoms with Crippen molar-refractivity contribution in [3.63, 3.8) is 0 Å². The van der Waals surface area contributed by atoms with Crippen LogP contribution in [0.4, 0.5) is 4.39 Å². The molecule has 0 spiro atoms. The van der Waals surface area contributed by atoms with Gasteiger partial charge in [0.2, 0.25) is 0 Å². The Kier molecular flexibility index (Phi) is 4.91. The third-order valence-corrected chi connectivity index (χ3v) is 3.66. The number of hydrogen-bond acceptors (Lipinski definition) is 1. The zero-order valence-corrected chi connectivity index (χ0v) is 12.4. The van der Waals surface area contributed by atoms with Gasteiger partial charge in [0, 0.05) is 6.04 Å². The lowest BCUT2D eigenvalue weighted by Gasteiger charge is -2.17. The van der Waals surface area contributed by atoms with E-state index in [1.54, 1.807) is 6.07 Å². The summed E-state index contributed by atoms with van der Waals surface area (Å²) < 4.78 is 13.5. The van der Waals surface area contributed by atoms with Crippen molar-refractivity contribution in [2.45, 2.75) is 33.2 Å². The lowest BCUT2D eigenvalue weighted by Crippen LogP contribution is -2.19. The minimum Gasteiger partial charge on any atom is -0.310 e. The van der Waals surface area contributed by atoms with E-state index >= 15 is 0 Å². The normalized spacial score (nSPS) is 12.4. The van der Waals surface area contributed by atoms with E-state index in [2.05, 4.69) is 37.4 Å². The van der Waals surface area contributed by atoms with Crippen LogP contribution in [-0.2, 0) is 0 Å². The van der Waals surface area contributed by atoms with Crippen molar-refractivity contribution >= 4 is 0 Å². The fourth-order valence-corrected chi connectivity index (χ4v) is 2.57. The molecular weight excluding hydrogens is 249 g/mol. The molecule has 1 atom stereocenters. The molecule has 0 aliphatic carbocycles. The van der Waals surface area contributed by atoms with Gasteiger partial charge in [-0.25, -0.2) is 4.39 Å². The molecule has 2 aromatic rings. The highest BCUT2D eigenvalue weighted by Crippen LogP contribution is 2.27. The van der Waals surface area contributed by atoms with Gasteiger partial charge in [-0.15, -0.1) is 0 Å². The summed E-state index contributed by atoms with van der Waals surface area (Å²) in [6.45, 7) is 7.25. The second kappa shape index (κ2) is 6.67. The van der Waals surface area contributed by atoms with Crippen LogP contribution in [0.2, 0.25) is 0 Å². The molecule has 20 heavy (non-hydrogen) atoms. The maximum absolute atomic E-state index is 13.5. The highest BCUT2D eigenvalue weighted by Gasteiger charge is 2.10. The number of hydrogen-bond donors (Lipinski definition) is 1. The van der Waals surface area contributed by atoms with Gasteiger partial charge in [0.15, 0.2) is 0 Å². The molecule has 1 nitrogen and oxygen atoms in total. The first-order chi connectivity index (χ1) is 9.65. The molecule has 0 fully saturated rings. The molecule has 0 heterocycles. The Morgan fingerprint density at radius 3 is 2.60 bits per heavy atom. The molecule has 0 aromatic heterocycles. The molecule has 0 saturated heterocycles. The van der Waals surface area contributed by atoms with E-state index in [-0.39, 0.29) is 5.82 Å². The van der Waals surface area contributed by atoms with Crippen molar-refractivity contribution in [1.82, 2.24) is 5.32 Å². The summed E-state index contributed by atoms with van der Waals surface area (Å²) in [6.07, 6.45) is 1.04. The Morgan fingerprint density at radius 2 is 1.90 bits per heavy atom. The number of halogens is 1. The van der Waals surface area contributed by atoms with Gasteiger partial charge in [-0.05, 0) is 60.3 Å². The van der Waals surface area contributed by atoms with Crippen LogP contribution in [0.25, 0.3) is 11.1 Å². The molecule has 0 aliphatic rings. The SMILES string of the molecule is CCNC(CC)c1cccc(-c2cc(F)ccc2C)c1. The van der Waals surface area contributed by atoms with Crippen molar-refractivity contribution in [1.29, 1.82) is 0 Å². The monoisotopic (exact) mass is 271 g/mol. The fraction of sp³-hybridized carbons (Fsp3) is 0.333. The first-order valence-electron chi connectivity index (χ1n) is 7.25. The van der Waals surface area contributed by atoms with Crippen molar-refractivity contribution in [3.05, 3.63) is 59.4 Å². The van der Waals surface area contributed by atoms with Crippen LogP contribution < -0.4 is 5.32 Å². The number of nitrogens with one attached hydrogen (secondary N) is 1. The van der Waals surface area contributed by atoms with Crippen molar-refractivity contribution in [2.75, 3.05) is 6.54 Å². The highest BCUT2D eigenvalue weighted by atomic mass is 19.1. The van der Waals surface area contributed by atoms with E-state index in [4.69, 9.17) is 0 Å². The number of aryl methyl sites for hydroxylation is 1. The summed E-state index contributed by atoms with van der Waals surface area (Å²) in [6, 6.07) is 13.7. The van der Waals surface area contributed by atoms with Gasteiger partial charge in [-0.2, -0.15) is 0 Å². The summed E-state index contributed by atoms with van der Waals surface area (Å²) in [4.78, 5) is 0. The number of benzene rings is 2. The topological polar surface area (TPSA) is 12.0 Å². The van der Waals surface area contributed by atoms with E-state index in [1.807, 2.05) is 19.1 Å². The molecule has 1 unspecified atom stereocenters. The van der Waals surface area contributed by atoms with Gasteiger partial charge in [-0.3, -0.25) is 0 Å². The first kappa shape index (κ1) is 14.7. The molecular formula is C18H22FN. The second-order valence-electron chi connectivity index (χ2n) is 5.10. The second-order valence-corrected chi connectivity index (χ2v) is 5.10. The smallest absolute Gasteiger partial charge is 0.123 e. The first-order valence-corrected chi connectivity index (χ1v) is 7.25. The molecule has 0 saturated carbocycles.